The molecule has 0 aliphatic heterocycles. The van der Waals surface area contributed by atoms with Gasteiger partial charge in [-0.05, 0) is 12.8 Å². The van der Waals surface area contributed by atoms with Gasteiger partial charge in [-0.1, -0.05) is 12.2 Å². The summed E-state index contributed by atoms with van der Waals surface area (Å²) in [7, 11) is 3.51. The van der Waals surface area contributed by atoms with Crippen LogP contribution in [-0.2, 0) is 4.79 Å². The van der Waals surface area contributed by atoms with E-state index in [0.29, 0.717) is 4.99 Å². The average Bonchev–Trinajstić information content (AvgIpc) is 2.63. The minimum Gasteiger partial charge on any atom is -0.392 e. The van der Waals surface area contributed by atoms with Crippen molar-refractivity contribution in [3.8, 4) is 0 Å². The molecule has 1 fully saturated rings. The molecule has 0 heterocycles. The van der Waals surface area contributed by atoms with E-state index in [1.807, 2.05) is 0 Å². The van der Waals surface area contributed by atoms with E-state index in [1.165, 1.54) is 0 Å². The summed E-state index contributed by atoms with van der Waals surface area (Å²) in [5, 5.41) is 1.60. The third-order valence-electron chi connectivity index (χ3n) is 1.98. The third kappa shape index (κ3) is 1.56. The van der Waals surface area contributed by atoms with Gasteiger partial charge < -0.3 is 5.73 Å². The molecular formula is C7H13N3OS. The van der Waals surface area contributed by atoms with Gasteiger partial charge in [0.1, 0.15) is 5.41 Å². The van der Waals surface area contributed by atoms with Gasteiger partial charge >= 0.3 is 0 Å². The zero-order chi connectivity index (χ0) is 9.35. The van der Waals surface area contributed by atoms with Crippen molar-refractivity contribution in [2.75, 3.05) is 14.1 Å². The van der Waals surface area contributed by atoms with E-state index >= 15 is 0 Å². The zero-order valence-corrected chi connectivity index (χ0v) is 8.07. The quantitative estimate of drug-likeness (QED) is 0.468. The molecule has 1 rings (SSSR count). The molecule has 0 aromatic carbocycles. The van der Waals surface area contributed by atoms with E-state index in [9.17, 15) is 4.79 Å². The van der Waals surface area contributed by atoms with Gasteiger partial charge in [-0.2, -0.15) is 0 Å². The Kier molecular flexibility index (Phi) is 2.34. The topological polar surface area (TPSA) is 58.4 Å². The number of hydrogen-bond donors (Lipinski definition) is 2. The van der Waals surface area contributed by atoms with Crippen LogP contribution in [0.1, 0.15) is 12.8 Å². The zero-order valence-electron chi connectivity index (χ0n) is 7.26. The highest BCUT2D eigenvalue weighted by molar-refractivity contribution is 7.80. The first kappa shape index (κ1) is 9.41. The molecule has 0 spiro atoms. The molecular weight excluding hydrogens is 174 g/mol. The van der Waals surface area contributed by atoms with Crippen LogP contribution in [0.15, 0.2) is 0 Å². The second-order valence-electron chi connectivity index (χ2n) is 3.28. The van der Waals surface area contributed by atoms with Gasteiger partial charge in [0.25, 0.3) is 0 Å². The fourth-order valence-electron chi connectivity index (χ4n) is 1.02. The highest BCUT2D eigenvalue weighted by Crippen LogP contribution is 2.46. The molecule has 0 saturated heterocycles. The molecule has 68 valence electrons. The van der Waals surface area contributed by atoms with Gasteiger partial charge in [-0.3, -0.25) is 10.2 Å². The Balaban J connectivity index is 2.58. The number of carbonyl (C=O) groups is 1. The third-order valence-corrected chi connectivity index (χ3v) is 2.37. The number of nitrogens with zero attached hydrogens (tertiary/aromatic N) is 1. The van der Waals surface area contributed by atoms with E-state index in [-0.39, 0.29) is 5.91 Å². The number of rotatable bonds is 3. The van der Waals surface area contributed by atoms with Crippen molar-refractivity contribution in [3.05, 3.63) is 0 Å². The van der Waals surface area contributed by atoms with Crippen LogP contribution < -0.4 is 11.2 Å². The molecule has 1 amide bonds. The van der Waals surface area contributed by atoms with Crippen LogP contribution in [0.4, 0.5) is 0 Å². The second-order valence-corrected chi connectivity index (χ2v) is 3.72. The Hall–Kier alpha value is -0.680. The van der Waals surface area contributed by atoms with Gasteiger partial charge in [0.15, 0.2) is 0 Å². The number of nitrogens with one attached hydrogen (secondary N) is 1. The molecule has 0 aromatic rings. The maximum absolute atomic E-state index is 11.5. The molecule has 5 heteroatoms. The summed E-state index contributed by atoms with van der Waals surface area (Å²) in [5.41, 5.74) is 7.57. The summed E-state index contributed by atoms with van der Waals surface area (Å²) in [4.78, 5) is 11.8. The molecule has 1 saturated carbocycles. The Morgan fingerprint density at radius 2 is 2.08 bits per heavy atom. The maximum Gasteiger partial charge on any atom is 0.247 e. The number of hydrogen-bond acceptors (Lipinski definition) is 3. The molecule has 0 atom stereocenters. The SMILES string of the molecule is CN(C)NC(=O)C1(C(N)=S)CC1. The lowest BCUT2D eigenvalue weighted by molar-refractivity contribution is -0.127. The Morgan fingerprint density at radius 3 is 2.33 bits per heavy atom. The lowest BCUT2D eigenvalue weighted by Crippen LogP contribution is -2.45. The Bertz CT molecular complexity index is 223. The van der Waals surface area contributed by atoms with Gasteiger partial charge in [0.2, 0.25) is 5.91 Å². The molecule has 1 aliphatic carbocycles. The first-order valence-electron chi connectivity index (χ1n) is 3.77. The smallest absolute Gasteiger partial charge is 0.247 e. The van der Waals surface area contributed by atoms with Crippen LogP contribution in [0.25, 0.3) is 0 Å². The van der Waals surface area contributed by atoms with E-state index in [0.717, 1.165) is 12.8 Å². The Labute approximate surface area is 77.1 Å². The van der Waals surface area contributed by atoms with Gasteiger partial charge in [0.05, 0.1) is 4.99 Å². The van der Waals surface area contributed by atoms with Crippen molar-refractivity contribution < 1.29 is 4.79 Å². The van der Waals surface area contributed by atoms with E-state index in [4.69, 9.17) is 18.0 Å². The largest absolute Gasteiger partial charge is 0.392 e. The molecule has 1 aliphatic rings. The number of thiocarbonyl (C=S) groups is 1. The molecule has 0 bridgehead atoms. The molecule has 0 radical (unpaired) electrons. The predicted octanol–water partition coefficient (Wildman–Crippen LogP) is -0.355. The lowest BCUT2D eigenvalue weighted by Gasteiger charge is -2.17. The van der Waals surface area contributed by atoms with Crippen molar-refractivity contribution >= 4 is 23.1 Å². The van der Waals surface area contributed by atoms with Crippen LogP contribution in [0.2, 0.25) is 0 Å². The van der Waals surface area contributed by atoms with Crippen LogP contribution >= 0.6 is 12.2 Å². The summed E-state index contributed by atoms with van der Waals surface area (Å²) in [6.45, 7) is 0. The number of nitrogens with two attached hydrogens (primary N) is 1. The van der Waals surface area contributed by atoms with Crippen molar-refractivity contribution in [2.24, 2.45) is 11.1 Å². The second kappa shape index (κ2) is 2.99. The number of hydrazine groups is 1. The van der Waals surface area contributed by atoms with Crippen molar-refractivity contribution in [1.29, 1.82) is 0 Å². The average molecular weight is 187 g/mol. The van der Waals surface area contributed by atoms with E-state index in [2.05, 4.69) is 5.43 Å². The first-order chi connectivity index (χ1) is 5.49. The van der Waals surface area contributed by atoms with E-state index < -0.39 is 5.41 Å². The summed E-state index contributed by atoms with van der Waals surface area (Å²) in [5.74, 6) is -0.0833. The highest BCUT2D eigenvalue weighted by Gasteiger charge is 2.52. The van der Waals surface area contributed by atoms with Gasteiger partial charge in [0, 0.05) is 14.1 Å². The van der Waals surface area contributed by atoms with E-state index in [1.54, 1.807) is 19.1 Å². The summed E-state index contributed by atoms with van der Waals surface area (Å²) < 4.78 is 0. The molecule has 0 aromatic heterocycles. The normalized spacial score (nSPS) is 18.9. The van der Waals surface area contributed by atoms with Gasteiger partial charge in [-0.15, -0.1) is 0 Å². The van der Waals surface area contributed by atoms with Crippen LogP contribution in [-0.4, -0.2) is 30.0 Å². The monoisotopic (exact) mass is 187 g/mol. The molecule has 12 heavy (non-hydrogen) atoms. The van der Waals surface area contributed by atoms with Gasteiger partial charge in [-0.25, -0.2) is 5.01 Å². The fourth-order valence-corrected chi connectivity index (χ4v) is 1.32. The van der Waals surface area contributed by atoms with Crippen molar-refractivity contribution in [2.45, 2.75) is 12.8 Å². The van der Waals surface area contributed by atoms with Crippen molar-refractivity contribution in [1.82, 2.24) is 10.4 Å². The predicted molar refractivity (Wildman–Crippen MR) is 50.3 cm³/mol. The fraction of sp³-hybridized carbons (Fsp3) is 0.714. The Morgan fingerprint density at radius 1 is 1.58 bits per heavy atom. The highest BCUT2D eigenvalue weighted by atomic mass is 32.1. The van der Waals surface area contributed by atoms with Crippen LogP contribution in [0.3, 0.4) is 0 Å². The summed E-state index contributed by atoms with van der Waals surface area (Å²) >= 11 is 4.82. The lowest BCUT2D eigenvalue weighted by atomic mass is 10.1. The van der Waals surface area contributed by atoms with Crippen molar-refractivity contribution in [3.63, 3.8) is 0 Å². The minimum atomic E-state index is -0.542. The van der Waals surface area contributed by atoms with Crippen LogP contribution in [0.5, 0.6) is 0 Å². The molecule has 0 unspecified atom stereocenters. The summed E-state index contributed by atoms with van der Waals surface area (Å²) in [6, 6.07) is 0. The van der Waals surface area contributed by atoms with Crippen LogP contribution in [0, 0.1) is 5.41 Å². The minimum absolute atomic E-state index is 0.0833. The number of carbonyl (C=O) groups excluding carboxylic acids is 1. The number of amides is 1. The molecule has 3 N–H and O–H groups in total. The summed E-state index contributed by atoms with van der Waals surface area (Å²) in [6.07, 6.45) is 1.56. The maximum atomic E-state index is 11.5. The first-order valence-corrected chi connectivity index (χ1v) is 4.18. The molecule has 4 nitrogen and oxygen atoms in total. The standard InChI is InChI=1S/C7H13N3OS/c1-10(2)9-6(11)7(3-4-7)5(8)12/h3-4H2,1-2H3,(H2,8,12)(H,9,11).